The molecule has 2 aromatic rings. The maximum absolute atomic E-state index is 13.2. The topological polar surface area (TPSA) is 21.3 Å². The van der Waals surface area contributed by atoms with E-state index >= 15 is 0 Å². The molecule has 2 nitrogen and oxygen atoms in total. The zero-order valence-electron chi connectivity index (χ0n) is 13.3. The van der Waals surface area contributed by atoms with Crippen molar-refractivity contribution >= 4 is 0 Å². The molecule has 1 atom stereocenters. The summed E-state index contributed by atoms with van der Waals surface area (Å²) < 4.78 is 32.0. The van der Waals surface area contributed by atoms with Gasteiger partial charge in [-0.2, -0.15) is 0 Å². The molecule has 0 saturated carbocycles. The predicted molar refractivity (Wildman–Crippen MR) is 89.6 cm³/mol. The lowest BCUT2D eigenvalue weighted by atomic mass is 9.87. The van der Waals surface area contributed by atoms with Crippen molar-refractivity contribution in [3.05, 3.63) is 64.7 Å². The molecule has 1 aliphatic rings. The molecule has 0 heterocycles. The van der Waals surface area contributed by atoms with Crippen molar-refractivity contribution in [2.45, 2.75) is 31.9 Å². The van der Waals surface area contributed by atoms with Crippen LogP contribution in [0.15, 0.2) is 36.4 Å². The van der Waals surface area contributed by atoms with E-state index in [4.69, 9.17) is 11.2 Å². The van der Waals surface area contributed by atoms with Gasteiger partial charge in [-0.15, -0.1) is 6.42 Å². The lowest BCUT2D eigenvalue weighted by Gasteiger charge is -2.26. The largest absolute Gasteiger partial charge is 0.489 e. The molecular formula is C20H19F2NO. The molecule has 124 valence electrons. The van der Waals surface area contributed by atoms with Gasteiger partial charge in [0.2, 0.25) is 0 Å². The van der Waals surface area contributed by atoms with Crippen LogP contribution in [0.4, 0.5) is 8.78 Å². The van der Waals surface area contributed by atoms with Gasteiger partial charge in [0.15, 0.2) is 11.6 Å². The van der Waals surface area contributed by atoms with Crippen LogP contribution in [0.1, 0.15) is 35.6 Å². The number of aryl methyl sites for hydroxylation is 1. The van der Waals surface area contributed by atoms with Gasteiger partial charge in [-0.05, 0) is 60.2 Å². The minimum Gasteiger partial charge on any atom is -0.489 e. The summed E-state index contributed by atoms with van der Waals surface area (Å²) in [4.78, 5) is 0. The smallest absolute Gasteiger partial charge is 0.159 e. The van der Waals surface area contributed by atoms with Gasteiger partial charge in [0.1, 0.15) is 12.4 Å². The van der Waals surface area contributed by atoms with Gasteiger partial charge in [-0.3, -0.25) is 5.32 Å². The summed E-state index contributed by atoms with van der Waals surface area (Å²) in [5.74, 6) is 1.61. The van der Waals surface area contributed by atoms with E-state index in [0.29, 0.717) is 17.9 Å². The fourth-order valence-corrected chi connectivity index (χ4v) is 3.06. The van der Waals surface area contributed by atoms with E-state index in [9.17, 15) is 8.78 Å². The third kappa shape index (κ3) is 3.74. The number of benzene rings is 2. The van der Waals surface area contributed by atoms with Crippen LogP contribution in [0.5, 0.6) is 5.75 Å². The molecule has 0 spiro atoms. The molecular weight excluding hydrogens is 308 g/mol. The Labute approximate surface area is 140 Å². The molecule has 0 saturated heterocycles. The third-order valence-electron chi connectivity index (χ3n) is 4.27. The Balaban J connectivity index is 1.72. The molecule has 1 unspecified atom stereocenters. The highest BCUT2D eigenvalue weighted by molar-refractivity contribution is 5.39. The van der Waals surface area contributed by atoms with E-state index in [1.54, 1.807) is 0 Å². The first-order valence-electron chi connectivity index (χ1n) is 8.04. The maximum Gasteiger partial charge on any atom is 0.159 e. The van der Waals surface area contributed by atoms with Gasteiger partial charge in [-0.1, -0.05) is 18.1 Å². The van der Waals surface area contributed by atoms with Gasteiger partial charge in [0.25, 0.3) is 0 Å². The third-order valence-corrected chi connectivity index (χ3v) is 4.27. The van der Waals surface area contributed by atoms with Crippen molar-refractivity contribution in [1.82, 2.24) is 5.32 Å². The SMILES string of the molecule is C#CCNC1CCCc2ccc(OCc3ccc(F)c(F)c3)cc21. The first kappa shape index (κ1) is 16.5. The lowest BCUT2D eigenvalue weighted by molar-refractivity contribution is 0.304. The quantitative estimate of drug-likeness (QED) is 0.833. The predicted octanol–water partition coefficient (Wildman–Crippen LogP) is 4.14. The van der Waals surface area contributed by atoms with Crippen LogP contribution in [0.25, 0.3) is 0 Å². The summed E-state index contributed by atoms with van der Waals surface area (Å²) in [6.45, 7) is 0.725. The van der Waals surface area contributed by atoms with E-state index in [1.807, 2.05) is 12.1 Å². The Morgan fingerprint density at radius 2 is 2.04 bits per heavy atom. The number of hydrogen-bond acceptors (Lipinski definition) is 2. The van der Waals surface area contributed by atoms with Crippen LogP contribution in [0.3, 0.4) is 0 Å². The summed E-state index contributed by atoms with van der Waals surface area (Å²) >= 11 is 0. The van der Waals surface area contributed by atoms with Crippen LogP contribution in [0, 0.1) is 24.0 Å². The molecule has 1 aliphatic carbocycles. The Hall–Kier alpha value is -2.38. The Morgan fingerprint density at radius 1 is 1.17 bits per heavy atom. The van der Waals surface area contributed by atoms with Crippen molar-refractivity contribution in [3.63, 3.8) is 0 Å². The van der Waals surface area contributed by atoms with Gasteiger partial charge in [0.05, 0.1) is 6.54 Å². The Kier molecular flexibility index (Phi) is 5.12. The summed E-state index contributed by atoms with van der Waals surface area (Å²) in [6.07, 6.45) is 8.56. The zero-order valence-corrected chi connectivity index (χ0v) is 13.3. The van der Waals surface area contributed by atoms with Crippen LogP contribution in [0.2, 0.25) is 0 Å². The molecule has 0 fully saturated rings. The van der Waals surface area contributed by atoms with E-state index in [-0.39, 0.29) is 12.6 Å². The average Bonchev–Trinajstić information content (AvgIpc) is 2.60. The number of terminal acetylenes is 1. The first-order valence-corrected chi connectivity index (χ1v) is 8.04. The number of fused-ring (bicyclic) bond motifs is 1. The number of halogens is 2. The van der Waals surface area contributed by atoms with Gasteiger partial charge < -0.3 is 4.74 Å². The molecule has 0 radical (unpaired) electrons. The van der Waals surface area contributed by atoms with Crippen LogP contribution in [-0.2, 0) is 13.0 Å². The molecule has 4 heteroatoms. The Morgan fingerprint density at radius 3 is 2.83 bits per heavy atom. The molecule has 24 heavy (non-hydrogen) atoms. The maximum atomic E-state index is 13.2. The number of rotatable bonds is 5. The second kappa shape index (κ2) is 7.46. The number of ether oxygens (including phenoxy) is 1. The summed E-state index contributed by atoms with van der Waals surface area (Å²) in [5, 5.41) is 3.36. The van der Waals surface area contributed by atoms with Crippen molar-refractivity contribution < 1.29 is 13.5 Å². The second-order valence-electron chi connectivity index (χ2n) is 5.93. The molecule has 3 rings (SSSR count). The standard InChI is InChI=1S/C20H19F2NO/c1-2-10-23-20-5-3-4-15-7-8-16(12-17(15)20)24-13-14-6-9-18(21)19(22)11-14/h1,6-9,11-12,20,23H,3-5,10,13H2. The minimum absolute atomic E-state index is 0.193. The van der Waals surface area contributed by atoms with Crippen molar-refractivity contribution in [2.24, 2.45) is 0 Å². The minimum atomic E-state index is -0.861. The molecule has 0 aliphatic heterocycles. The molecule has 0 aromatic heterocycles. The number of nitrogens with one attached hydrogen (secondary N) is 1. The molecule has 0 amide bonds. The van der Waals surface area contributed by atoms with Gasteiger partial charge in [-0.25, -0.2) is 8.78 Å². The zero-order chi connectivity index (χ0) is 16.9. The van der Waals surface area contributed by atoms with Crippen molar-refractivity contribution in [3.8, 4) is 18.1 Å². The highest BCUT2D eigenvalue weighted by atomic mass is 19.2. The van der Waals surface area contributed by atoms with Gasteiger partial charge in [0, 0.05) is 6.04 Å². The fraction of sp³-hybridized carbons (Fsp3) is 0.300. The molecule has 1 N–H and O–H groups in total. The summed E-state index contributed by atoms with van der Waals surface area (Å²) in [6, 6.07) is 10.0. The number of hydrogen-bond donors (Lipinski definition) is 1. The van der Waals surface area contributed by atoms with Crippen molar-refractivity contribution in [1.29, 1.82) is 0 Å². The van der Waals surface area contributed by atoms with Gasteiger partial charge >= 0.3 is 0 Å². The van der Waals surface area contributed by atoms with E-state index in [2.05, 4.69) is 17.3 Å². The normalized spacial score (nSPS) is 16.3. The lowest BCUT2D eigenvalue weighted by Crippen LogP contribution is -2.25. The monoisotopic (exact) mass is 327 g/mol. The highest BCUT2D eigenvalue weighted by Gasteiger charge is 2.20. The van der Waals surface area contributed by atoms with E-state index in [1.165, 1.54) is 17.2 Å². The van der Waals surface area contributed by atoms with E-state index < -0.39 is 11.6 Å². The molecule has 0 bridgehead atoms. The first-order chi connectivity index (χ1) is 11.7. The van der Waals surface area contributed by atoms with Crippen LogP contribution >= 0.6 is 0 Å². The van der Waals surface area contributed by atoms with Crippen LogP contribution < -0.4 is 10.1 Å². The van der Waals surface area contributed by atoms with Crippen LogP contribution in [-0.4, -0.2) is 6.54 Å². The fourth-order valence-electron chi connectivity index (χ4n) is 3.06. The highest BCUT2D eigenvalue weighted by Crippen LogP contribution is 2.32. The second-order valence-corrected chi connectivity index (χ2v) is 5.93. The summed E-state index contributed by atoms with van der Waals surface area (Å²) in [7, 11) is 0. The molecule has 2 aromatic carbocycles. The summed E-state index contributed by atoms with van der Waals surface area (Å²) in [5.41, 5.74) is 3.10. The van der Waals surface area contributed by atoms with E-state index in [0.717, 1.165) is 31.4 Å². The average molecular weight is 327 g/mol. The van der Waals surface area contributed by atoms with Crippen molar-refractivity contribution in [2.75, 3.05) is 6.54 Å². The Bertz CT molecular complexity index is 767.